The molecule has 1 saturated heterocycles. The van der Waals surface area contributed by atoms with E-state index >= 15 is 0 Å². The molecule has 0 aromatic rings. The van der Waals surface area contributed by atoms with Gasteiger partial charge in [-0.3, -0.25) is 14.1 Å². The largest absolute Gasteiger partial charge is 0.462 e. The van der Waals surface area contributed by atoms with E-state index in [9.17, 15) is 37.9 Å². The summed E-state index contributed by atoms with van der Waals surface area (Å²) >= 11 is 0. The molecule has 1 fully saturated rings. The summed E-state index contributed by atoms with van der Waals surface area (Å²) in [7, 11) is -4.60. The molecule has 0 radical (unpaired) electrons. The number of aliphatic hydroxyl groups excluding tert-OH is 3. The monoisotopic (exact) mass is 863 g/mol. The first kappa shape index (κ1) is 55.4. The number of esters is 2. The lowest BCUT2D eigenvalue weighted by Gasteiger charge is -2.40. The van der Waals surface area contributed by atoms with Crippen molar-refractivity contribution in [3.63, 3.8) is 0 Å². The van der Waals surface area contributed by atoms with E-state index in [1.54, 1.807) is 0 Å². The smallest absolute Gasteiger partial charge is 0.306 e. The summed E-state index contributed by atoms with van der Waals surface area (Å²) in [5.41, 5.74) is 0. The van der Waals surface area contributed by atoms with Gasteiger partial charge in [-0.15, -0.1) is 0 Å². The van der Waals surface area contributed by atoms with Gasteiger partial charge >= 0.3 is 11.9 Å². The molecule has 0 aliphatic carbocycles. The van der Waals surface area contributed by atoms with Crippen molar-refractivity contribution in [3.05, 3.63) is 12.2 Å². The van der Waals surface area contributed by atoms with Crippen LogP contribution in [0.4, 0.5) is 0 Å². The van der Waals surface area contributed by atoms with Crippen molar-refractivity contribution in [2.24, 2.45) is 0 Å². The second kappa shape index (κ2) is 37.0. The number of aliphatic hydroxyl groups is 3. The van der Waals surface area contributed by atoms with E-state index in [-0.39, 0.29) is 19.4 Å². The highest BCUT2D eigenvalue weighted by Crippen LogP contribution is 2.24. The van der Waals surface area contributed by atoms with Gasteiger partial charge < -0.3 is 34.3 Å². The number of rotatable bonds is 40. The van der Waals surface area contributed by atoms with Crippen LogP contribution in [0, 0.1) is 0 Å². The molecule has 0 saturated carbocycles. The molecule has 0 amide bonds. The van der Waals surface area contributed by atoms with Gasteiger partial charge in [-0.05, 0) is 32.1 Å². The van der Waals surface area contributed by atoms with E-state index in [0.717, 1.165) is 44.9 Å². The van der Waals surface area contributed by atoms with E-state index in [4.69, 9.17) is 18.9 Å². The molecule has 12 nitrogen and oxygen atoms in total. The Hall–Kier alpha value is -1.61. The van der Waals surface area contributed by atoms with Gasteiger partial charge in [0.15, 0.2) is 12.4 Å². The highest BCUT2D eigenvalue weighted by molar-refractivity contribution is 7.85. The van der Waals surface area contributed by atoms with Gasteiger partial charge in [0.25, 0.3) is 10.1 Å². The van der Waals surface area contributed by atoms with Crippen LogP contribution in [0.2, 0.25) is 0 Å². The third-order valence-corrected chi connectivity index (χ3v) is 11.8. The number of allylic oxidation sites excluding steroid dienone is 2. The van der Waals surface area contributed by atoms with Gasteiger partial charge in [-0.25, -0.2) is 0 Å². The van der Waals surface area contributed by atoms with Gasteiger partial charge in [-0.1, -0.05) is 180 Å². The number of hydrogen-bond acceptors (Lipinski definition) is 11. The number of unbranched alkanes of at least 4 members (excludes halogenated alkanes) is 26. The van der Waals surface area contributed by atoms with Crippen molar-refractivity contribution in [2.45, 2.75) is 250 Å². The second-order valence-corrected chi connectivity index (χ2v) is 18.3. The minimum absolute atomic E-state index is 0.166. The van der Waals surface area contributed by atoms with Gasteiger partial charge in [0.2, 0.25) is 0 Å². The molecular weight excluding hydrogens is 777 g/mol. The van der Waals surface area contributed by atoms with Crippen LogP contribution in [0.3, 0.4) is 0 Å². The number of carbonyl (C=O) groups is 2. The summed E-state index contributed by atoms with van der Waals surface area (Å²) in [6.45, 7) is 3.75. The Bertz CT molecular complexity index is 1150. The van der Waals surface area contributed by atoms with Crippen molar-refractivity contribution >= 4 is 22.1 Å². The van der Waals surface area contributed by atoms with Crippen LogP contribution in [0.25, 0.3) is 0 Å². The molecule has 59 heavy (non-hydrogen) atoms. The number of hydrogen-bond donors (Lipinski definition) is 4. The van der Waals surface area contributed by atoms with Crippen LogP contribution >= 0.6 is 0 Å². The van der Waals surface area contributed by atoms with Crippen molar-refractivity contribution in [3.8, 4) is 0 Å². The lowest BCUT2D eigenvalue weighted by atomic mass is 10.00. The van der Waals surface area contributed by atoms with Crippen molar-refractivity contribution in [2.75, 3.05) is 19.0 Å². The maximum atomic E-state index is 12.8. The predicted molar refractivity (Wildman–Crippen MR) is 234 cm³/mol. The molecule has 0 bridgehead atoms. The standard InChI is InChI=1S/C46H86O12S/c1-3-5-7-9-11-13-15-17-19-21-22-24-26-28-30-32-34-41(47)55-36-39(37-56-46-45(51)44(50)43(49)40(58-46)38-59(52,53)54)57-42(48)35-33-31-29-27-25-23-20-18-16-14-12-10-8-6-4-2/h10,12,39-40,43-46,49-51H,3-9,11,13-38H2,1-2H3,(H,52,53,54)/b12-10+/t39-,40-,43-,44?,45?,46+/m1/s1. The van der Waals surface area contributed by atoms with E-state index in [1.807, 2.05) is 0 Å². The van der Waals surface area contributed by atoms with Crippen LogP contribution in [-0.4, -0.2) is 96.0 Å². The van der Waals surface area contributed by atoms with Crippen LogP contribution in [-0.2, 0) is 38.7 Å². The van der Waals surface area contributed by atoms with Crippen molar-refractivity contribution in [1.29, 1.82) is 0 Å². The minimum atomic E-state index is -4.60. The Morgan fingerprint density at radius 1 is 0.559 bits per heavy atom. The highest BCUT2D eigenvalue weighted by Gasteiger charge is 2.46. The number of carbonyl (C=O) groups excluding carboxylic acids is 2. The fourth-order valence-corrected chi connectivity index (χ4v) is 8.06. The topological polar surface area (TPSA) is 186 Å². The van der Waals surface area contributed by atoms with Crippen LogP contribution < -0.4 is 0 Å². The molecule has 1 aliphatic heterocycles. The SMILES string of the molecule is CCCC/C=C/CCCCCCCCCCCC(=O)O[C@H](COC(=O)CCCCCCCCCCCCCCCCCC)CO[C@H]1O[C@H](CS(=O)(=O)O)[C@@H](O)C(O)C1O. The Kier molecular flexibility index (Phi) is 34.7. The van der Waals surface area contributed by atoms with E-state index in [2.05, 4.69) is 26.0 Å². The van der Waals surface area contributed by atoms with Gasteiger partial charge in [-0.2, -0.15) is 8.42 Å². The maximum absolute atomic E-state index is 12.8. The summed E-state index contributed by atoms with van der Waals surface area (Å²) in [5, 5.41) is 30.9. The Morgan fingerprint density at radius 3 is 1.46 bits per heavy atom. The zero-order valence-electron chi connectivity index (χ0n) is 37.1. The lowest BCUT2D eigenvalue weighted by Crippen LogP contribution is -2.60. The van der Waals surface area contributed by atoms with Crippen molar-refractivity contribution < 1.29 is 56.8 Å². The zero-order valence-corrected chi connectivity index (χ0v) is 37.9. The molecule has 1 aliphatic rings. The molecule has 6 atom stereocenters. The van der Waals surface area contributed by atoms with Crippen LogP contribution in [0.5, 0.6) is 0 Å². The molecule has 348 valence electrons. The third kappa shape index (κ3) is 31.8. The molecule has 13 heteroatoms. The quantitative estimate of drug-likeness (QED) is 0.0198. The maximum Gasteiger partial charge on any atom is 0.306 e. The van der Waals surface area contributed by atoms with Crippen molar-refractivity contribution in [1.82, 2.24) is 0 Å². The Morgan fingerprint density at radius 2 is 0.983 bits per heavy atom. The summed E-state index contributed by atoms with van der Waals surface area (Å²) < 4.78 is 54.1. The average Bonchev–Trinajstić information content (AvgIpc) is 3.20. The number of ether oxygens (including phenoxy) is 4. The first-order valence-corrected chi connectivity index (χ1v) is 25.4. The average molecular weight is 863 g/mol. The van der Waals surface area contributed by atoms with E-state index < -0.39 is 71.2 Å². The molecular formula is C46H86O12S. The summed E-state index contributed by atoms with van der Waals surface area (Å²) in [6.07, 6.45) is 29.6. The van der Waals surface area contributed by atoms with Gasteiger partial charge in [0, 0.05) is 12.8 Å². The molecule has 0 spiro atoms. The zero-order chi connectivity index (χ0) is 43.4. The van der Waals surface area contributed by atoms with Gasteiger partial charge in [0.1, 0.15) is 36.8 Å². The highest BCUT2D eigenvalue weighted by atomic mass is 32.2. The fourth-order valence-electron chi connectivity index (χ4n) is 7.36. The summed E-state index contributed by atoms with van der Waals surface area (Å²) in [6, 6.07) is 0. The van der Waals surface area contributed by atoms with Crippen LogP contribution in [0.15, 0.2) is 12.2 Å². The lowest BCUT2D eigenvalue weighted by molar-refractivity contribution is -0.297. The van der Waals surface area contributed by atoms with E-state index in [1.165, 1.54) is 128 Å². The Labute approximate surface area is 358 Å². The van der Waals surface area contributed by atoms with Gasteiger partial charge in [0.05, 0.1) is 6.61 Å². The molecule has 1 heterocycles. The Balaban J connectivity index is 2.41. The second-order valence-electron chi connectivity index (χ2n) is 16.8. The molecule has 1 rings (SSSR count). The first-order chi connectivity index (χ1) is 28.5. The normalized spacial score (nSPS) is 20.3. The molecule has 2 unspecified atom stereocenters. The fraction of sp³-hybridized carbons (Fsp3) is 0.913. The predicted octanol–water partition coefficient (Wildman–Crippen LogP) is 9.84. The van der Waals surface area contributed by atoms with Crippen LogP contribution in [0.1, 0.15) is 213 Å². The third-order valence-electron chi connectivity index (χ3n) is 11.1. The van der Waals surface area contributed by atoms with E-state index in [0.29, 0.717) is 12.8 Å². The summed E-state index contributed by atoms with van der Waals surface area (Å²) in [4.78, 5) is 25.4. The molecule has 4 N–H and O–H groups in total. The molecule has 0 aromatic heterocycles. The molecule has 0 aromatic carbocycles. The summed E-state index contributed by atoms with van der Waals surface area (Å²) in [5.74, 6) is -1.97. The first-order valence-electron chi connectivity index (χ1n) is 23.7. The minimum Gasteiger partial charge on any atom is -0.462 e.